The second kappa shape index (κ2) is 8.03. The molecule has 0 amide bonds. The van der Waals surface area contributed by atoms with Crippen LogP contribution in [0.4, 0.5) is 0 Å². The Bertz CT molecular complexity index is 813. The van der Waals surface area contributed by atoms with Crippen molar-refractivity contribution >= 4 is 10.0 Å². The summed E-state index contributed by atoms with van der Waals surface area (Å²) in [6.45, 7) is 4.58. The molecule has 0 bridgehead atoms. The Morgan fingerprint density at radius 1 is 1.28 bits per heavy atom. The first-order chi connectivity index (χ1) is 11.8. The van der Waals surface area contributed by atoms with E-state index in [1.165, 1.54) is 0 Å². The zero-order valence-electron chi connectivity index (χ0n) is 15.5. The zero-order chi connectivity index (χ0) is 18.6. The van der Waals surface area contributed by atoms with Crippen molar-refractivity contribution in [3.8, 4) is 5.75 Å². The summed E-state index contributed by atoms with van der Waals surface area (Å²) in [6.07, 6.45) is 1.95. The van der Waals surface area contributed by atoms with Gasteiger partial charge in [-0.1, -0.05) is 0 Å². The first-order valence-electron chi connectivity index (χ1n) is 8.27. The van der Waals surface area contributed by atoms with Crippen molar-refractivity contribution in [2.24, 2.45) is 7.05 Å². The van der Waals surface area contributed by atoms with Gasteiger partial charge in [0, 0.05) is 25.5 Å². The van der Waals surface area contributed by atoms with Gasteiger partial charge in [0.2, 0.25) is 10.0 Å². The highest BCUT2D eigenvalue weighted by atomic mass is 32.2. The fourth-order valence-corrected chi connectivity index (χ4v) is 3.87. The average molecular weight is 365 g/mol. The quantitative estimate of drug-likeness (QED) is 0.780. The molecule has 0 saturated heterocycles. The minimum absolute atomic E-state index is 0.0569. The summed E-state index contributed by atoms with van der Waals surface area (Å²) in [5, 5.41) is 0. The van der Waals surface area contributed by atoms with Crippen molar-refractivity contribution in [3.05, 3.63) is 47.8 Å². The van der Waals surface area contributed by atoms with E-state index in [0.717, 1.165) is 11.3 Å². The highest BCUT2D eigenvalue weighted by Gasteiger charge is 2.21. The molecule has 2 rings (SSSR count). The minimum Gasteiger partial charge on any atom is -0.494 e. The van der Waals surface area contributed by atoms with E-state index in [9.17, 15) is 8.42 Å². The van der Waals surface area contributed by atoms with Gasteiger partial charge in [-0.05, 0) is 63.8 Å². The second-order valence-electron chi connectivity index (χ2n) is 6.24. The Morgan fingerprint density at radius 2 is 2.00 bits per heavy atom. The number of aromatic nitrogens is 1. The summed E-state index contributed by atoms with van der Waals surface area (Å²) in [4.78, 5) is 2.25. The summed E-state index contributed by atoms with van der Waals surface area (Å²) in [6, 6.07) is 8.82. The van der Waals surface area contributed by atoms with Gasteiger partial charge in [0.15, 0.2) is 0 Å². The van der Waals surface area contributed by atoms with Crippen molar-refractivity contribution in [2.75, 3.05) is 27.2 Å². The molecule has 0 aliphatic rings. The normalized spacial score (nSPS) is 13.2. The van der Waals surface area contributed by atoms with Crippen molar-refractivity contribution in [2.45, 2.75) is 24.8 Å². The van der Waals surface area contributed by atoms with E-state index in [-0.39, 0.29) is 10.9 Å². The zero-order valence-corrected chi connectivity index (χ0v) is 16.3. The van der Waals surface area contributed by atoms with Crippen LogP contribution in [0.1, 0.15) is 24.2 Å². The van der Waals surface area contributed by atoms with Crippen molar-refractivity contribution in [1.82, 2.24) is 14.2 Å². The van der Waals surface area contributed by atoms with Gasteiger partial charge in [-0.15, -0.1) is 0 Å². The molecule has 1 N–H and O–H groups in total. The lowest BCUT2D eigenvalue weighted by atomic mass is 10.2. The van der Waals surface area contributed by atoms with Gasteiger partial charge in [0.25, 0.3) is 0 Å². The third-order valence-electron chi connectivity index (χ3n) is 4.17. The van der Waals surface area contributed by atoms with Crippen molar-refractivity contribution < 1.29 is 13.2 Å². The molecule has 2 aromatic rings. The van der Waals surface area contributed by atoms with Crippen LogP contribution in [0.3, 0.4) is 0 Å². The van der Waals surface area contributed by atoms with Crippen molar-refractivity contribution in [1.29, 1.82) is 0 Å². The molecule has 1 heterocycles. The summed E-state index contributed by atoms with van der Waals surface area (Å²) in [7, 11) is 2.24. The van der Waals surface area contributed by atoms with E-state index in [4.69, 9.17) is 4.74 Å². The summed E-state index contributed by atoms with van der Waals surface area (Å²) in [5.41, 5.74) is 1.85. The van der Waals surface area contributed by atoms with Crippen LogP contribution in [0.25, 0.3) is 0 Å². The van der Waals surface area contributed by atoms with Crippen LogP contribution >= 0.6 is 0 Å². The molecule has 1 aromatic carbocycles. The highest BCUT2D eigenvalue weighted by Crippen LogP contribution is 2.23. The highest BCUT2D eigenvalue weighted by molar-refractivity contribution is 7.89. The van der Waals surface area contributed by atoms with Crippen LogP contribution in [-0.2, 0) is 17.1 Å². The smallest absolute Gasteiger partial charge is 0.240 e. The number of sulfonamides is 1. The van der Waals surface area contributed by atoms with Gasteiger partial charge in [-0.3, -0.25) is 4.90 Å². The standard InChI is InChI=1S/C18H27N3O3S/c1-6-24-18-10-9-15(12-14(18)2)25(22,23)19-13-17(20(3)4)16-8-7-11-21(16)5/h7-12,17,19H,6,13H2,1-5H3. The summed E-state index contributed by atoms with van der Waals surface area (Å²) < 4.78 is 35.5. The van der Waals surface area contributed by atoms with Crippen LogP contribution in [0.15, 0.2) is 41.4 Å². The number of rotatable bonds is 8. The Labute approximate surface area is 150 Å². The minimum atomic E-state index is -3.59. The van der Waals surface area contributed by atoms with E-state index < -0.39 is 10.0 Å². The maximum atomic E-state index is 12.7. The fraction of sp³-hybridized carbons (Fsp3) is 0.444. The first-order valence-corrected chi connectivity index (χ1v) is 9.75. The lowest BCUT2D eigenvalue weighted by Gasteiger charge is -2.25. The predicted octanol–water partition coefficient (Wildman–Crippen LogP) is 2.31. The molecule has 0 aliphatic carbocycles. The lowest BCUT2D eigenvalue weighted by Crippen LogP contribution is -2.35. The van der Waals surface area contributed by atoms with Crippen LogP contribution in [0, 0.1) is 6.92 Å². The van der Waals surface area contributed by atoms with E-state index in [1.54, 1.807) is 18.2 Å². The molecule has 138 valence electrons. The van der Waals surface area contributed by atoms with E-state index in [0.29, 0.717) is 18.9 Å². The third kappa shape index (κ3) is 4.62. The predicted molar refractivity (Wildman–Crippen MR) is 99.4 cm³/mol. The van der Waals surface area contributed by atoms with E-state index in [2.05, 4.69) is 4.72 Å². The van der Waals surface area contributed by atoms with Crippen LogP contribution in [-0.4, -0.2) is 45.1 Å². The Morgan fingerprint density at radius 3 is 2.52 bits per heavy atom. The first kappa shape index (κ1) is 19.5. The van der Waals surface area contributed by atoms with Gasteiger partial charge < -0.3 is 9.30 Å². The molecular weight excluding hydrogens is 338 g/mol. The van der Waals surface area contributed by atoms with Gasteiger partial charge in [0.1, 0.15) is 5.75 Å². The molecule has 1 aromatic heterocycles. The third-order valence-corrected chi connectivity index (χ3v) is 5.59. The molecule has 1 atom stereocenters. The molecule has 25 heavy (non-hydrogen) atoms. The number of ether oxygens (including phenoxy) is 1. The largest absolute Gasteiger partial charge is 0.494 e. The number of nitrogens with zero attached hydrogens (tertiary/aromatic N) is 2. The molecule has 0 fully saturated rings. The van der Waals surface area contributed by atoms with Gasteiger partial charge in [-0.2, -0.15) is 0 Å². The summed E-state index contributed by atoms with van der Waals surface area (Å²) >= 11 is 0. The molecule has 0 spiro atoms. The Hall–Kier alpha value is -1.83. The van der Waals surface area contributed by atoms with Gasteiger partial charge in [-0.25, -0.2) is 13.1 Å². The van der Waals surface area contributed by atoms with Crippen LogP contribution < -0.4 is 9.46 Å². The fourth-order valence-electron chi connectivity index (χ4n) is 2.75. The van der Waals surface area contributed by atoms with Crippen LogP contribution in [0.2, 0.25) is 0 Å². The molecule has 7 heteroatoms. The Balaban J connectivity index is 2.17. The summed E-state index contributed by atoms with van der Waals surface area (Å²) in [5.74, 6) is 0.705. The lowest BCUT2D eigenvalue weighted by molar-refractivity contribution is 0.289. The molecule has 6 nitrogen and oxygen atoms in total. The number of aryl methyl sites for hydroxylation is 2. The number of benzene rings is 1. The number of likely N-dealkylation sites (N-methyl/N-ethyl adjacent to an activating group) is 1. The van der Waals surface area contributed by atoms with Gasteiger partial charge >= 0.3 is 0 Å². The topological polar surface area (TPSA) is 63.6 Å². The maximum absolute atomic E-state index is 12.7. The molecule has 0 aliphatic heterocycles. The van der Waals surface area contributed by atoms with Crippen LogP contribution in [0.5, 0.6) is 5.75 Å². The molecule has 0 saturated carbocycles. The molecule has 0 radical (unpaired) electrons. The van der Waals surface area contributed by atoms with E-state index >= 15 is 0 Å². The van der Waals surface area contributed by atoms with Gasteiger partial charge in [0.05, 0.1) is 17.5 Å². The SMILES string of the molecule is CCOc1ccc(S(=O)(=O)NCC(c2cccn2C)N(C)C)cc1C. The average Bonchev–Trinajstić information content (AvgIpc) is 2.95. The number of hydrogen-bond donors (Lipinski definition) is 1. The van der Waals surface area contributed by atoms with Crippen molar-refractivity contribution in [3.63, 3.8) is 0 Å². The second-order valence-corrected chi connectivity index (χ2v) is 8.00. The van der Waals surface area contributed by atoms with E-state index in [1.807, 2.05) is 62.8 Å². The Kier molecular flexibility index (Phi) is 6.26. The number of nitrogens with one attached hydrogen (secondary N) is 1. The maximum Gasteiger partial charge on any atom is 0.240 e. The molecular formula is C18H27N3O3S. The number of hydrogen-bond acceptors (Lipinski definition) is 4. The monoisotopic (exact) mass is 365 g/mol. The molecule has 1 unspecified atom stereocenters.